The van der Waals surface area contributed by atoms with Crippen LogP contribution in [0.5, 0.6) is 5.75 Å². The Kier molecular flexibility index (Phi) is 12.6. The predicted molar refractivity (Wildman–Crippen MR) is 171 cm³/mol. The van der Waals surface area contributed by atoms with Crippen molar-refractivity contribution >= 4 is 23.6 Å². The Balaban J connectivity index is 1.79. The first-order valence-corrected chi connectivity index (χ1v) is 16.3. The molecular weight excluding hydrogens is 713 g/mol. The molecule has 2 atom stereocenters. The Labute approximate surface area is 293 Å². The molecule has 4 rings (SSSR count). The SMILES string of the molecule is CCOC(=O)CCCOc1cnc(N[C@H]2C[C@@H](CC)N(C(=O)OCC)c3ccc(C(F)(F)F)cc32)c(Cc2cc(C(F)(F)F)cc(C(F)(F)F)c2)c1. The summed E-state index contributed by atoms with van der Waals surface area (Å²) in [5.74, 6) is -0.462. The number of benzene rings is 2. The van der Waals surface area contributed by atoms with Crippen LogP contribution in [0.2, 0.25) is 0 Å². The maximum Gasteiger partial charge on any atom is 0.416 e. The Bertz CT molecular complexity index is 1700. The average Bonchev–Trinajstić information content (AvgIpc) is 3.06. The van der Waals surface area contributed by atoms with E-state index in [0.717, 1.165) is 18.2 Å². The lowest BCUT2D eigenvalue weighted by molar-refractivity contribution is -0.144. The number of amides is 1. The molecule has 0 unspecified atom stereocenters. The van der Waals surface area contributed by atoms with Crippen LogP contribution < -0.4 is 15.0 Å². The lowest BCUT2D eigenvalue weighted by Gasteiger charge is -2.40. The number of halogens is 9. The van der Waals surface area contributed by atoms with Gasteiger partial charge in [0.15, 0.2) is 0 Å². The fraction of sp³-hybridized carbons (Fsp3) is 0.457. The smallest absolute Gasteiger partial charge is 0.416 e. The first-order chi connectivity index (χ1) is 24.3. The molecule has 52 heavy (non-hydrogen) atoms. The van der Waals surface area contributed by atoms with Crippen LogP contribution in [0.25, 0.3) is 0 Å². The number of pyridine rings is 1. The van der Waals surface area contributed by atoms with Crippen LogP contribution in [0.15, 0.2) is 48.7 Å². The molecule has 3 aromatic rings. The van der Waals surface area contributed by atoms with Gasteiger partial charge in [0.05, 0.1) is 54.4 Å². The predicted octanol–water partition coefficient (Wildman–Crippen LogP) is 9.75. The number of nitrogens with zero attached hydrogens (tertiary/aromatic N) is 2. The maximum absolute atomic E-state index is 13.9. The molecule has 0 bridgehead atoms. The highest BCUT2D eigenvalue weighted by molar-refractivity contribution is 5.90. The number of hydrogen-bond acceptors (Lipinski definition) is 7. The second kappa shape index (κ2) is 16.3. The van der Waals surface area contributed by atoms with E-state index in [-0.39, 0.29) is 79.1 Å². The molecule has 1 N–H and O–H groups in total. The van der Waals surface area contributed by atoms with Gasteiger partial charge in [-0.3, -0.25) is 9.69 Å². The summed E-state index contributed by atoms with van der Waals surface area (Å²) >= 11 is 0. The van der Waals surface area contributed by atoms with Gasteiger partial charge in [-0.1, -0.05) is 6.92 Å². The van der Waals surface area contributed by atoms with Crippen LogP contribution in [0, 0.1) is 0 Å². The van der Waals surface area contributed by atoms with E-state index in [4.69, 9.17) is 14.2 Å². The van der Waals surface area contributed by atoms with Crippen molar-refractivity contribution in [1.29, 1.82) is 0 Å². The van der Waals surface area contributed by atoms with Crippen LogP contribution in [0.1, 0.15) is 85.9 Å². The van der Waals surface area contributed by atoms with E-state index in [1.807, 2.05) is 0 Å². The lowest BCUT2D eigenvalue weighted by atomic mass is 9.88. The van der Waals surface area contributed by atoms with Gasteiger partial charge < -0.3 is 19.5 Å². The number of hydrogen-bond donors (Lipinski definition) is 1. The molecule has 1 aromatic heterocycles. The average molecular weight is 750 g/mol. The van der Waals surface area contributed by atoms with E-state index in [0.29, 0.717) is 18.6 Å². The van der Waals surface area contributed by atoms with Crippen molar-refractivity contribution in [2.75, 3.05) is 30.0 Å². The molecule has 1 amide bonds. The molecule has 1 aliphatic heterocycles. The third-order valence-corrected chi connectivity index (χ3v) is 8.19. The normalized spacial score (nSPS) is 16.3. The third kappa shape index (κ3) is 10.00. The van der Waals surface area contributed by atoms with Crippen molar-refractivity contribution in [2.45, 2.75) is 83.5 Å². The molecule has 0 saturated carbocycles. The van der Waals surface area contributed by atoms with Crippen molar-refractivity contribution in [1.82, 2.24) is 4.98 Å². The Morgan fingerprint density at radius 1 is 0.846 bits per heavy atom. The number of alkyl halides is 9. The van der Waals surface area contributed by atoms with Crippen molar-refractivity contribution in [3.63, 3.8) is 0 Å². The summed E-state index contributed by atoms with van der Waals surface area (Å²) in [7, 11) is 0. The number of ether oxygens (including phenoxy) is 3. The minimum absolute atomic E-state index is 0.000465. The minimum atomic E-state index is -5.11. The second-order valence-electron chi connectivity index (χ2n) is 11.9. The minimum Gasteiger partial charge on any atom is -0.492 e. The maximum atomic E-state index is 13.9. The largest absolute Gasteiger partial charge is 0.492 e. The summed E-state index contributed by atoms with van der Waals surface area (Å²) in [6.45, 7) is 5.12. The van der Waals surface area contributed by atoms with E-state index in [9.17, 15) is 49.1 Å². The van der Waals surface area contributed by atoms with Crippen LogP contribution in [0.4, 0.5) is 55.8 Å². The van der Waals surface area contributed by atoms with Crippen molar-refractivity contribution in [3.8, 4) is 5.75 Å². The van der Waals surface area contributed by atoms with E-state index < -0.39 is 65.8 Å². The number of rotatable bonds is 12. The molecule has 8 nitrogen and oxygen atoms in total. The molecule has 0 aliphatic carbocycles. The van der Waals surface area contributed by atoms with Gasteiger partial charge in [0, 0.05) is 24.4 Å². The van der Waals surface area contributed by atoms with E-state index in [1.54, 1.807) is 20.8 Å². The molecule has 0 fully saturated rings. The fourth-order valence-corrected chi connectivity index (χ4v) is 5.83. The Hall–Kier alpha value is -4.70. The van der Waals surface area contributed by atoms with Crippen LogP contribution >= 0.6 is 0 Å². The molecule has 0 spiro atoms. The molecular formula is C35H36F9N3O5. The van der Waals surface area contributed by atoms with Gasteiger partial charge in [-0.2, -0.15) is 39.5 Å². The summed E-state index contributed by atoms with van der Waals surface area (Å²) in [5, 5.41) is 3.06. The van der Waals surface area contributed by atoms with Crippen LogP contribution in [-0.2, 0) is 39.2 Å². The summed E-state index contributed by atoms with van der Waals surface area (Å²) in [5.41, 5.74) is -4.23. The zero-order chi connectivity index (χ0) is 38.4. The zero-order valence-electron chi connectivity index (χ0n) is 28.3. The summed E-state index contributed by atoms with van der Waals surface area (Å²) in [6.07, 6.45) is -14.4. The Morgan fingerprint density at radius 2 is 1.48 bits per heavy atom. The monoisotopic (exact) mass is 749 g/mol. The number of aromatic nitrogens is 1. The van der Waals surface area contributed by atoms with Gasteiger partial charge in [0.2, 0.25) is 0 Å². The lowest BCUT2D eigenvalue weighted by Crippen LogP contribution is -2.46. The molecule has 0 radical (unpaired) electrons. The van der Waals surface area contributed by atoms with Gasteiger partial charge in [0.1, 0.15) is 11.6 Å². The Morgan fingerprint density at radius 3 is 2.06 bits per heavy atom. The van der Waals surface area contributed by atoms with Gasteiger partial charge >= 0.3 is 30.6 Å². The highest BCUT2D eigenvalue weighted by Crippen LogP contribution is 2.44. The van der Waals surface area contributed by atoms with Crippen molar-refractivity contribution in [2.24, 2.45) is 0 Å². The number of anilines is 2. The zero-order valence-corrected chi connectivity index (χ0v) is 28.3. The molecule has 284 valence electrons. The first-order valence-electron chi connectivity index (χ1n) is 16.3. The number of nitrogens with one attached hydrogen (secondary N) is 1. The summed E-state index contributed by atoms with van der Waals surface area (Å²) < 4.78 is 140. The van der Waals surface area contributed by atoms with Gasteiger partial charge in [0.25, 0.3) is 0 Å². The number of fused-ring (bicyclic) bond motifs is 1. The summed E-state index contributed by atoms with van der Waals surface area (Å²) in [4.78, 5) is 30.3. The number of esters is 1. The topological polar surface area (TPSA) is 90.0 Å². The van der Waals surface area contributed by atoms with Gasteiger partial charge in [-0.25, -0.2) is 9.78 Å². The quantitative estimate of drug-likeness (QED) is 0.112. The highest BCUT2D eigenvalue weighted by atomic mass is 19.4. The standard InChI is InChI=1S/C35H36F9N3O5/c1-4-25-18-28(27-17-22(33(36,37)38)9-10-29(27)47(25)32(49)51-6-3)46-31-21(15-26(19-45-31)52-11-7-8-30(48)50-5-2)12-20-13-23(34(39,40)41)16-24(14-20)35(42,43)44/h9-10,13-17,19,25,28H,4-8,11-12,18H2,1-3H3,(H,45,46)/t25-,28+/m1/s1. The summed E-state index contributed by atoms with van der Waals surface area (Å²) in [6, 6.07) is 3.79. The van der Waals surface area contributed by atoms with Crippen molar-refractivity contribution < 1.29 is 63.3 Å². The third-order valence-electron chi connectivity index (χ3n) is 8.19. The molecule has 0 saturated heterocycles. The van der Waals surface area contributed by atoms with Gasteiger partial charge in [-0.05, 0) is 86.7 Å². The fourth-order valence-electron chi connectivity index (χ4n) is 5.83. The van der Waals surface area contributed by atoms with E-state index in [1.165, 1.54) is 17.2 Å². The van der Waals surface area contributed by atoms with Gasteiger partial charge in [-0.15, -0.1) is 0 Å². The second-order valence-corrected chi connectivity index (χ2v) is 11.9. The van der Waals surface area contributed by atoms with E-state index in [2.05, 4.69) is 10.3 Å². The number of carbonyl (C=O) groups is 2. The van der Waals surface area contributed by atoms with E-state index >= 15 is 0 Å². The van der Waals surface area contributed by atoms with Crippen molar-refractivity contribution in [3.05, 3.63) is 82.0 Å². The highest BCUT2D eigenvalue weighted by Gasteiger charge is 2.40. The van der Waals surface area contributed by atoms with Crippen LogP contribution in [-0.4, -0.2) is 42.9 Å². The molecule has 1 aliphatic rings. The molecule has 17 heteroatoms. The van der Waals surface area contributed by atoms with Crippen LogP contribution in [0.3, 0.4) is 0 Å². The number of carbonyl (C=O) groups excluding carboxylic acids is 2. The molecule has 2 heterocycles. The first kappa shape index (κ1) is 40.1. The molecule has 2 aromatic carbocycles.